The highest BCUT2D eigenvalue weighted by Gasteiger charge is 2.50. The van der Waals surface area contributed by atoms with Crippen LogP contribution in [0, 0.1) is 12.8 Å². The first kappa shape index (κ1) is 30.1. The van der Waals surface area contributed by atoms with Gasteiger partial charge in [0.25, 0.3) is 0 Å². The number of methoxy groups -OCH3 is 1. The van der Waals surface area contributed by atoms with Gasteiger partial charge < -0.3 is 45.5 Å². The van der Waals surface area contributed by atoms with E-state index in [1.807, 2.05) is 0 Å². The molecule has 0 bridgehead atoms. The first-order valence-corrected chi connectivity index (χ1v) is 12.7. The van der Waals surface area contributed by atoms with Crippen LogP contribution in [-0.2, 0) is 20.7 Å². The largest absolute Gasteiger partial charge is 0.507 e. The van der Waals surface area contributed by atoms with E-state index in [0.29, 0.717) is 0 Å². The van der Waals surface area contributed by atoms with Gasteiger partial charge in [0.2, 0.25) is 5.78 Å². The topological polar surface area (TPSA) is 206 Å². The van der Waals surface area contributed by atoms with Gasteiger partial charge in [-0.2, -0.15) is 0 Å². The summed E-state index contributed by atoms with van der Waals surface area (Å²) >= 11 is 0. The van der Waals surface area contributed by atoms with Crippen LogP contribution in [0.3, 0.4) is 0 Å². The van der Waals surface area contributed by atoms with Gasteiger partial charge in [-0.05, 0) is 13.0 Å². The van der Waals surface area contributed by atoms with E-state index in [4.69, 9.17) is 19.9 Å². The fourth-order valence-electron chi connectivity index (χ4n) is 5.75. The number of carbonyl (C=O) groups excluding carboxylic acids is 3. The van der Waals surface area contributed by atoms with Gasteiger partial charge in [-0.3, -0.25) is 14.4 Å². The van der Waals surface area contributed by atoms with E-state index in [2.05, 4.69) is 12.8 Å². The monoisotopic (exact) mass is 569 g/mol. The lowest BCUT2D eigenvalue weighted by atomic mass is 9.72. The molecule has 0 aromatic heterocycles. The van der Waals surface area contributed by atoms with Crippen molar-refractivity contribution in [3.63, 3.8) is 0 Å². The zero-order valence-electron chi connectivity index (χ0n) is 22.4. The fourth-order valence-corrected chi connectivity index (χ4v) is 5.75. The Balaban J connectivity index is 0.00000189. The predicted molar refractivity (Wildman–Crippen MR) is 142 cm³/mol. The van der Waals surface area contributed by atoms with Crippen LogP contribution in [0.4, 0.5) is 0 Å². The van der Waals surface area contributed by atoms with Gasteiger partial charge in [0.05, 0.1) is 42.1 Å². The SMILES string of the molecule is C#C.COc1cccc2c1C(=O)c1c(O)c3c(c(O)c1C2=O)CC(O)(C(=O)CO)CC3OC1CC(N)C(O)C(C)O1. The number of ether oxygens (including phenoxy) is 3. The molecule has 7 N–H and O–H groups in total. The number of phenols is 2. The number of hydrogen-bond donors (Lipinski definition) is 6. The maximum Gasteiger partial charge on any atom is 0.202 e. The number of aliphatic hydroxyl groups excluding tert-OH is 2. The van der Waals surface area contributed by atoms with Gasteiger partial charge in [0.15, 0.2) is 17.9 Å². The minimum absolute atomic E-state index is 0.0173. The molecule has 2 aliphatic carbocycles. The molecule has 1 saturated heterocycles. The quantitative estimate of drug-likeness (QED) is 0.181. The first-order valence-electron chi connectivity index (χ1n) is 12.7. The van der Waals surface area contributed by atoms with Gasteiger partial charge in [0, 0.05) is 42.0 Å². The Morgan fingerprint density at radius 1 is 1.15 bits per heavy atom. The van der Waals surface area contributed by atoms with Crippen LogP contribution in [-0.4, -0.2) is 86.7 Å². The van der Waals surface area contributed by atoms with Gasteiger partial charge in [-0.15, -0.1) is 12.8 Å². The van der Waals surface area contributed by atoms with Gasteiger partial charge >= 0.3 is 0 Å². The summed E-state index contributed by atoms with van der Waals surface area (Å²) in [6.45, 7) is 0.560. The second-order valence-electron chi connectivity index (χ2n) is 10.2. The number of hydrogen-bond acceptors (Lipinski definition) is 12. The van der Waals surface area contributed by atoms with Crippen LogP contribution >= 0.6 is 0 Å². The standard InChI is InChI=1S/C27H29NO11.C2H2/c1-10-22(31)13(28)6-17(38-10)39-15-8-27(36,16(30)9-29)7-12-19(15)26(35)21-20(24(12)33)23(32)11-4-3-5-14(37-2)18(11)25(21)34;1-2/h3-5,10,13,15,17,22,29,31,33,35-36H,6-9,28H2,1-2H3;1-2H. The van der Waals surface area contributed by atoms with Crippen molar-refractivity contribution in [2.45, 2.75) is 62.4 Å². The molecule has 218 valence electrons. The number of ketones is 3. The number of fused-ring (bicyclic) bond motifs is 3. The van der Waals surface area contributed by atoms with Crippen molar-refractivity contribution in [1.29, 1.82) is 0 Å². The Morgan fingerprint density at radius 2 is 1.80 bits per heavy atom. The van der Waals surface area contributed by atoms with Crippen LogP contribution in [0.5, 0.6) is 17.2 Å². The number of nitrogens with two attached hydrogens (primary N) is 1. The molecule has 0 spiro atoms. The lowest BCUT2D eigenvalue weighted by molar-refractivity contribution is -0.247. The third-order valence-corrected chi connectivity index (χ3v) is 7.81. The minimum Gasteiger partial charge on any atom is -0.507 e. The lowest BCUT2D eigenvalue weighted by Crippen LogP contribution is -2.53. The Morgan fingerprint density at radius 3 is 2.41 bits per heavy atom. The molecule has 1 heterocycles. The molecular weight excluding hydrogens is 538 g/mol. The van der Waals surface area contributed by atoms with E-state index >= 15 is 0 Å². The van der Waals surface area contributed by atoms with E-state index in [9.17, 15) is 39.9 Å². The summed E-state index contributed by atoms with van der Waals surface area (Å²) in [6.07, 6.45) is 2.88. The molecule has 1 fully saturated rings. The van der Waals surface area contributed by atoms with Crippen LogP contribution in [0.2, 0.25) is 0 Å². The molecule has 12 heteroatoms. The zero-order valence-corrected chi connectivity index (χ0v) is 22.4. The molecule has 0 saturated carbocycles. The highest BCUT2D eigenvalue weighted by molar-refractivity contribution is 6.31. The van der Waals surface area contributed by atoms with Gasteiger partial charge in [0.1, 0.15) is 29.5 Å². The van der Waals surface area contributed by atoms with Crippen molar-refractivity contribution >= 4 is 17.3 Å². The zero-order chi connectivity index (χ0) is 30.4. The molecular formula is C29H31NO11. The predicted octanol–water partition coefficient (Wildman–Crippen LogP) is 0.251. The van der Waals surface area contributed by atoms with Crippen LogP contribution in [0.25, 0.3) is 0 Å². The molecule has 1 aliphatic heterocycles. The molecule has 2 aromatic carbocycles. The number of terminal acetylenes is 1. The molecule has 6 unspecified atom stereocenters. The average molecular weight is 570 g/mol. The number of Topliss-reactive ketones (excluding diaryl/α,β-unsaturated/α-hetero) is 1. The molecule has 3 aliphatic rings. The number of aliphatic hydroxyl groups is 3. The summed E-state index contributed by atoms with van der Waals surface area (Å²) in [5, 5.41) is 53.7. The van der Waals surface area contributed by atoms with Crippen molar-refractivity contribution < 1.29 is 54.1 Å². The molecule has 41 heavy (non-hydrogen) atoms. The summed E-state index contributed by atoms with van der Waals surface area (Å²) in [4.78, 5) is 39.7. The summed E-state index contributed by atoms with van der Waals surface area (Å²) in [7, 11) is 1.32. The molecule has 0 amide bonds. The van der Waals surface area contributed by atoms with Gasteiger partial charge in [-0.25, -0.2) is 0 Å². The number of benzene rings is 2. The Hall–Kier alpha value is -3.83. The number of carbonyl (C=O) groups is 3. The maximum absolute atomic E-state index is 13.6. The normalized spacial score (nSPS) is 28.4. The van der Waals surface area contributed by atoms with Crippen LogP contribution in [0.1, 0.15) is 68.8 Å². The van der Waals surface area contributed by atoms with E-state index in [1.54, 1.807) is 6.92 Å². The van der Waals surface area contributed by atoms with Crippen molar-refractivity contribution in [2.75, 3.05) is 13.7 Å². The van der Waals surface area contributed by atoms with Crippen molar-refractivity contribution in [3.05, 3.63) is 51.6 Å². The molecule has 5 rings (SSSR count). The third kappa shape index (κ3) is 4.76. The van der Waals surface area contributed by atoms with E-state index < -0.39 is 95.7 Å². The Bertz CT molecular complexity index is 1420. The van der Waals surface area contributed by atoms with E-state index in [-0.39, 0.29) is 34.4 Å². The molecule has 6 atom stereocenters. The first-order chi connectivity index (χ1) is 19.4. The highest BCUT2D eigenvalue weighted by atomic mass is 16.7. The smallest absolute Gasteiger partial charge is 0.202 e. The third-order valence-electron chi connectivity index (χ3n) is 7.81. The lowest BCUT2D eigenvalue weighted by Gasteiger charge is -2.42. The number of aromatic hydroxyl groups is 2. The molecule has 0 radical (unpaired) electrons. The van der Waals surface area contributed by atoms with Crippen molar-refractivity contribution in [2.24, 2.45) is 5.73 Å². The Labute approximate surface area is 235 Å². The minimum atomic E-state index is -2.24. The molecule has 2 aromatic rings. The van der Waals surface area contributed by atoms with E-state index in [1.165, 1.54) is 25.3 Å². The number of rotatable bonds is 5. The Kier molecular flexibility index (Phi) is 8.24. The summed E-state index contributed by atoms with van der Waals surface area (Å²) in [5.41, 5.74) is 2.37. The van der Waals surface area contributed by atoms with Crippen molar-refractivity contribution in [1.82, 2.24) is 0 Å². The number of phenolic OH excluding ortho intramolecular Hbond substituents is 2. The summed E-state index contributed by atoms with van der Waals surface area (Å²) < 4.78 is 17.0. The van der Waals surface area contributed by atoms with Crippen molar-refractivity contribution in [3.8, 4) is 30.1 Å². The van der Waals surface area contributed by atoms with E-state index in [0.717, 1.165) is 0 Å². The summed E-state index contributed by atoms with van der Waals surface area (Å²) in [5.74, 6) is -3.77. The second kappa shape index (κ2) is 11.2. The van der Waals surface area contributed by atoms with Crippen LogP contribution < -0.4 is 10.5 Å². The average Bonchev–Trinajstić information content (AvgIpc) is 2.96. The second-order valence-corrected chi connectivity index (χ2v) is 10.2. The maximum atomic E-state index is 13.6. The van der Waals surface area contributed by atoms with Gasteiger partial charge in [-0.1, -0.05) is 12.1 Å². The fraction of sp³-hybridized carbons (Fsp3) is 0.414. The summed E-state index contributed by atoms with van der Waals surface area (Å²) in [6, 6.07) is 3.64. The van der Waals surface area contributed by atoms with Crippen LogP contribution in [0.15, 0.2) is 18.2 Å². The molecule has 12 nitrogen and oxygen atoms in total. The highest BCUT2D eigenvalue weighted by Crippen LogP contribution is 2.52.